The number of rotatable bonds is 2. The van der Waals surface area contributed by atoms with Gasteiger partial charge in [0.1, 0.15) is 5.82 Å². The molecule has 20 heavy (non-hydrogen) atoms. The zero-order valence-electron chi connectivity index (χ0n) is 10.3. The maximum atomic E-state index is 14.0. The van der Waals surface area contributed by atoms with Gasteiger partial charge in [0, 0.05) is 5.56 Å². The van der Waals surface area contributed by atoms with E-state index in [-0.39, 0.29) is 10.7 Å². The van der Waals surface area contributed by atoms with Crippen LogP contribution in [0.15, 0.2) is 41.2 Å². The number of hydrogen-bond donors (Lipinski definition) is 3. The number of aromatic amines is 2. The maximum absolute atomic E-state index is 14.0. The SMILES string of the molecule is NC(c1ccc2[nH]c(=O)[nH]c2c1)c1cccc(Cl)c1F. The van der Waals surface area contributed by atoms with Crippen LogP contribution < -0.4 is 11.4 Å². The van der Waals surface area contributed by atoms with E-state index in [0.29, 0.717) is 22.2 Å². The molecule has 3 aromatic rings. The van der Waals surface area contributed by atoms with E-state index in [4.69, 9.17) is 17.3 Å². The van der Waals surface area contributed by atoms with Gasteiger partial charge < -0.3 is 15.7 Å². The number of nitrogens with one attached hydrogen (secondary N) is 2. The lowest BCUT2D eigenvalue weighted by atomic mass is 9.99. The van der Waals surface area contributed by atoms with Gasteiger partial charge in [0.25, 0.3) is 0 Å². The average Bonchev–Trinajstić information content (AvgIpc) is 2.80. The maximum Gasteiger partial charge on any atom is 0.323 e. The predicted octanol–water partition coefficient (Wildman–Crippen LogP) is 2.70. The summed E-state index contributed by atoms with van der Waals surface area (Å²) in [4.78, 5) is 16.5. The minimum Gasteiger partial charge on any atom is -0.320 e. The highest BCUT2D eigenvalue weighted by molar-refractivity contribution is 6.30. The number of benzene rings is 2. The molecule has 0 aliphatic rings. The molecule has 0 radical (unpaired) electrons. The molecule has 0 amide bonds. The molecule has 1 unspecified atom stereocenters. The van der Waals surface area contributed by atoms with Crippen molar-refractivity contribution in [3.05, 3.63) is 68.8 Å². The van der Waals surface area contributed by atoms with Crippen LogP contribution >= 0.6 is 11.6 Å². The highest BCUT2D eigenvalue weighted by Gasteiger charge is 2.16. The summed E-state index contributed by atoms with van der Waals surface area (Å²) in [6.07, 6.45) is 0. The van der Waals surface area contributed by atoms with E-state index in [0.717, 1.165) is 0 Å². The second-order valence-corrected chi connectivity index (χ2v) is 4.91. The van der Waals surface area contributed by atoms with Crippen molar-refractivity contribution < 1.29 is 4.39 Å². The molecule has 3 rings (SSSR count). The summed E-state index contributed by atoms with van der Waals surface area (Å²) in [6.45, 7) is 0. The molecule has 6 heteroatoms. The van der Waals surface area contributed by atoms with E-state index >= 15 is 0 Å². The van der Waals surface area contributed by atoms with Crippen LogP contribution in [0.1, 0.15) is 17.2 Å². The molecule has 0 aliphatic carbocycles. The molecular weight excluding hydrogens is 281 g/mol. The smallest absolute Gasteiger partial charge is 0.320 e. The minimum atomic E-state index is -0.656. The summed E-state index contributed by atoms with van der Waals surface area (Å²) in [7, 11) is 0. The van der Waals surface area contributed by atoms with Gasteiger partial charge in [-0.2, -0.15) is 0 Å². The Kier molecular flexibility index (Phi) is 3.08. The van der Waals surface area contributed by atoms with Crippen LogP contribution in [-0.4, -0.2) is 9.97 Å². The van der Waals surface area contributed by atoms with Crippen LogP contribution in [0.3, 0.4) is 0 Å². The van der Waals surface area contributed by atoms with Crippen LogP contribution in [0.4, 0.5) is 4.39 Å². The minimum absolute atomic E-state index is 0.0362. The third-order valence-corrected chi connectivity index (χ3v) is 3.51. The Morgan fingerprint density at radius 3 is 2.70 bits per heavy atom. The molecule has 0 saturated heterocycles. The van der Waals surface area contributed by atoms with Crippen molar-refractivity contribution in [3.8, 4) is 0 Å². The van der Waals surface area contributed by atoms with Crippen molar-refractivity contribution in [2.24, 2.45) is 5.73 Å². The fourth-order valence-corrected chi connectivity index (χ4v) is 2.37. The molecule has 4 N–H and O–H groups in total. The van der Waals surface area contributed by atoms with Crippen LogP contribution in [0.25, 0.3) is 11.0 Å². The lowest BCUT2D eigenvalue weighted by Crippen LogP contribution is -2.13. The zero-order valence-corrected chi connectivity index (χ0v) is 11.0. The van der Waals surface area contributed by atoms with Crippen molar-refractivity contribution in [2.75, 3.05) is 0 Å². The van der Waals surface area contributed by atoms with Crippen molar-refractivity contribution >= 4 is 22.6 Å². The summed E-state index contributed by atoms with van der Waals surface area (Å²) in [6, 6.07) is 9.25. The Bertz CT molecular complexity index is 840. The number of H-pyrrole nitrogens is 2. The van der Waals surface area contributed by atoms with Gasteiger partial charge in [-0.3, -0.25) is 0 Å². The van der Waals surface area contributed by atoms with Crippen LogP contribution in [0.5, 0.6) is 0 Å². The Morgan fingerprint density at radius 2 is 1.90 bits per heavy atom. The highest BCUT2D eigenvalue weighted by atomic mass is 35.5. The Hall–Kier alpha value is -2.11. The Morgan fingerprint density at radius 1 is 1.15 bits per heavy atom. The Balaban J connectivity index is 2.09. The van der Waals surface area contributed by atoms with Crippen molar-refractivity contribution in [1.82, 2.24) is 9.97 Å². The zero-order chi connectivity index (χ0) is 14.3. The number of hydrogen-bond acceptors (Lipinski definition) is 2. The quantitative estimate of drug-likeness (QED) is 0.679. The van der Waals surface area contributed by atoms with Crippen LogP contribution in [0, 0.1) is 5.82 Å². The first-order valence-corrected chi connectivity index (χ1v) is 6.35. The molecule has 0 bridgehead atoms. The lowest BCUT2D eigenvalue weighted by molar-refractivity contribution is 0.600. The highest BCUT2D eigenvalue weighted by Crippen LogP contribution is 2.27. The third kappa shape index (κ3) is 2.11. The molecule has 0 saturated carbocycles. The van der Waals surface area contributed by atoms with E-state index in [1.165, 1.54) is 6.07 Å². The van der Waals surface area contributed by atoms with Gasteiger partial charge in [-0.15, -0.1) is 0 Å². The second-order valence-electron chi connectivity index (χ2n) is 4.50. The number of imidazole rings is 1. The molecule has 1 atom stereocenters. The summed E-state index contributed by atoms with van der Waals surface area (Å²) in [5.41, 5.74) is 8.10. The first-order valence-electron chi connectivity index (χ1n) is 5.97. The molecule has 102 valence electrons. The molecule has 4 nitrogen and oxygen atoms in total. The monoisotopic (exact) mass is 291 g/mol. The standard InChI is InChI=1S/C14H11ClFN3O/c15-9-3-1-2-8(12(9)16)13(17)7-4-5-10-11(6-7)19-14(20)18-10/h1-6,13H,17H2,(H2,18,19,20). The number of aromatic nitrogens is 2. The van der Waals surface area contributed by atoms with Crippen LogP contribution in [0.2, 0.25) is 5.02 Å². The molecule has 0 fully saturated rings. The summed E-state index contributed by atoms with van der Waals surface area (Å²) in [5, 5.41) is 0.0362. The van der Waals surface area contributed by atoms with E-state index in [1.807, 2.05) is 0 Å². The van der Waals surface area contributed by atoms with Gasteiger partial charge in [-0.1, -0.05) is 29.8 Å². The van der Waals surface area contributed by atoms with Gasteiger partial charge in [0.05, 0.1) is 22.1 Å². The summed E-state index contributed by atoms with van der Waals surface area (Å²) < 4.78 is 14.0. The van der Waals surface area contributed by atoms with E-state index in [2.05, 4.69) is 9.97 Å². The fraction of sp³-hybridized carbons (Fsp3) is 0.0714. The van der Waals surface area contributed by atoms with Gasteiger partial charge in [-0.25, -0.2) is 9.18 Å². The van der Waals surface area contributed by atoms with Crippen molar-refractivity contribution in [1.29, 1.82) is 0 Å². The number of nitrogens with two attached hydrogens (primary N) is 1. The topological polar surface area (TPSA) is 74.7 Å². The summed E-state index contributed by atoms with van der Waals surface area (Å²) >= 11 is 5.76. The average molecular weight is 292 g/mol. The predicted molar refractivity (Wildman–Crippen MR) is 76.4 cm³/mol. The molecule has 1 heterocycles. The summed E-state index contributed by atoms with van der Waals surface area (Å²) in [5.74, 6) is -0.524. The van der Waals surface area contributed by atoms with Gasteiger partial charge in [0.15, 0.2) is 0 Å². The number of halogens is 2. The first-order chi connectivity index (χ1) is 9.56. The largest absolute Gasteiger partial charge is 0.323 e. The lowest BCUT2D eigenvalue weighted by Gasteiger charge is -2.14. The van der Waals surface area contributed by atoms with Gasteiger partial charge in [0.2, 0.25) is 0 Å². The van der Waals surface area contributed by atoms with Crippen molar-refractivity contribution in [3.63, 3.8) is 0 Å². The van der Waals surface area contributed by atoms with Gasteiger partial charge in [-0.05, 0) is 23.8 Å². The Labute approximate surface area is 118 Å². The first kappa shape index (κ1) is 12.9. The van der Waals surface area contributed by atoms with E-state index in [1.54, 1.807) is 30.3 Å². The van der Waals surface area contributed by atoms with E-state index in [9.17, 15) is 9.18 Å². The fourth-order valence-electron chi connectivity index (χ4n) is 2.18. The molecular formula is C14H11ClFN3O. The van der Waals surface area contributed by atoms with E-state index < -0.39 is 11.9 Å². The number of fused-ring (bicyclic) bond motifs is 1. The van der Waals surface area contributed by atoms with Crippen LogP contribution in [-0.2, 0) is 0 Å². The second kappa shape index (κ2) is 4.77. The van der Waals surface area contributed by atoms with Gasteiger partial charge >= 0.3 is 5.69 Å². The molecule has 0 spiro atoms. The molecule has 2 aromatic carbocycles. The van der Waals surface area contributed by atoms with Crippen molar-refractivity contribution in [2.45, 2.75) is 6.04 Å². The normalized spacial score (nSPS) is 12.8. The third-order valence-electron chi connectivity index (χ3n) is 3.22. The molecule has 1 aromatic heterocycles. The molecule has 0 aliphatic heterocycles.